The number of methoxy groups -OCH3 is 1. The van der Waals surface area contributed by atoms with E-state index in [9.17, 15) is 5.26 Å². The molecule has 1 atom stereocenters. The Morgan fingerprint density at radius 1 is 1.29 bits per heavy atom. The van der Waals surface area contributed by atoms with Crippen LogP contribution in [0, 0.1) is 11.3 Å². The lowest BCUT2D eigenvalue weighted by molar-refractivity contribution is 0.414. The lowest BCUT2D eigenvalue weighted by Gasteiger charge is -2.17. The van der Waals surface area contributed by atoms with Crippen LogP contribution in [0.2, 0.25) is 0 Å². The molecule has 1 aliphatic heterocycles. The van der Waals surface area contributed by atoms with Gasteiger partial charge in [0.05, 0.1) is 13.2 Å². The molecule has 88 valence electrons. The van der Waals surface area contributed by atoms with Gasteiger partial charge in [-0.2, -0.15) is 5.26 Å². The zero-order chi connectivity index (χ0) is 12.1. The molecule has 1 aromatic rings. The second-order valence-corrected chi connectivity index (χ2v) is 4.17. The summed E-state index contributed by atoms with van der Waals surface area (Å²) in [5.74, 6) is 0.622. The average molecular weight is 228 g/mol. The number of hydrogen-bond donors (Lipinski definition) is 0. The maximum Gasteiger partial charge on any atom is 0.118 e. The first-order valence-electron chi connectivity index (χ1n) is 5.92. The van der Waals surface area contributed by atoms with Gasteiger partial charge in [-0.25, -0.2) is 0 Å². The van der Waals surface area contributed by atoms with E-state index in [2.05, 4.69) is 11.1 Å². The van der Waals surface area contributed by atoms with Gasteiger partial charge in [0.15, 0.2) is 0 Å². The van der Waals surface area contributed by atoms with E-state index in [1.54, 1.807) is 7.11 Å². The first kappa shape index (κ1) is 11.7. The molecule has 1 aliphatic rings. The minimum Gasteiger partial charge on any atom is -0.497 e. The second-order valence-electron chi connectivity index (χ2n) is 4.17. The summed E-state index contributed by atoms with van der Waals surface area (Å²) in [7, 11) is 1.64. The molecule has 0 aromatic heterocycles. The first-order valence-corrected chi connectivity index (χ1v) is 5.92. The quantitative estimate of drug-likeness (QED) is 0.798. The van der Waals surface area contributed by atoms with Crippen molar-refractivity contribution in [3.8, 4) is 11.8 Å². The van der Waals surface area contributed by atoms with Gasteiger partial charge in [-0.05, 0) is 37.0 Å². The van der Waals surface area contributed by atoms with Crippen molar-refractivity contribution in [2.75, 3.05) is 13.7 Å². The lowest BCUT2D eigenvalue weighted by atomic mass is 9.91. The molecule has 3 heteroatoms. The summed E-state index contributed by atoms with van der Waals surface area (Å²) in [5, 5.41) is 9.30. The first-order chi connectivity index (χ1) is 8.35. The SMILES string of the molecule is COc1ccc(C(C#N)C2=NCCCC2)cc1. The Kier molecular flexibility index (Phi) is 3.77. The van der Waals surface area contributed by atoms with Crippen LogP contribution in [0.4, 0.5) is 0 Å². The highest BCUT2D eigenvalue weighted by molar-refractivity contribution is 5.93. The van der Waals surface area contributed by atoms with Crippen molar-refractivity contribution in [1.82, 2.24) is 0 Å². The zero-order valence-electron chi connectivity index (χ0n) is 10.0. The number of hydrogen-bond acceptors (Lipinski definition) is 3. The molecular weight excluding hydrogens is 212 g/mol. The summed E-state index contributed by atoms with van der Waals surface area (Å²) in [6, 6.07) is 10.0. The van der Waals surface area contributed by atoms with Crippen molar-refractivity contribution in [2.24, 2.45) is 4.99 Å². The van der Waals surface area contributed by atoms with Gasteiger partial charge in [-0.15, -0.1) is 0 Å². The summed E-state index contributed by atoms with van der Waals surface area (Å²) in [4.78, 5) is 4.48. The van der Waals surface area contributed by atoms with Crippen LogP contribution in [0.15, 0.2) is 29.3 Å². The van der Waals surface area contributed by atoms with E-state index < -0.39 is 0 Å². The third-order valence-corrected chi connectivity index (χ3v) is 3.07. The average Bonchev–Trinajstić information content (AvgIpc) is 2.42. The zero-order valence-corrected chi connectivity index (χ0v) is 10.0. The van der Waals surface area contributed by atoms with Crippen LogP contribution in [0.5, 0.6) is 5.75 Å². The Hall–Kier alpha value is -1.82. The van der Waals surface area contributed by atoms with Crippen LogP contribution in [0.25, 0.3) is 0 Å². The van der Waals surface area contributed by atoms with Crippen LogP contribution in [0.1, 0.15) is 30.7 Å². The largest absolute Gasteiger partial charge is 0.497 e. The third-order valence-electron chi connectivity index (χ3n) is 3.07. The molecular formula is C14H16N2O. The van der Waals surface area contributed by atoms with Gasteiger partial charge in [0.1, 0.15) is 11.7 Å². The predicted octanol–water partition coefficient (Wildman–Crippen LogP) is 2.93. The van der Waals surface area contributed by atoms with Crippen molar-refractivity contribution in [3.63, 3.8) is 0 Å². The van der Waals surface area contributed by atoms with Gasteiger partial charge < -0.3 is 4.74 Å². The van der Waals surface area contributed by atoms with Gasteiger partial charge >= 0.3 is 0 Å². The van der Waals surface area contributed by atoms with Gasteiger partial charge in [0.25, 0.3) is 0 Å². The topological polar surface area (TPSA) is 45.4 Å². The lowest BCUT2D eigenvalue weighted by Crippen LogP contribution is -2.15. The highest BCUT2D eigenvalue weighted by Crippen LogP contribution is 2.24. The summed E-state index contributed by atoms with van der Waals surface area (Å²) in [6.07, 6.45) is 3.24. The van der Waals surface area contributed by atoms with Crippen LogP contribution < -0.4 is 4.74 Å². The molecule has 3 nitrogen and oxygen atoms in total. The Bertz CT molecular complexity index is 442. The van der Waals surface area contributed by atoms with Crippen molar-refractivity contribution < 1.29 is 4.74 Å². The van der Waals surface area contributed by atoms with Crippen molar-refractivity contribution in [3.05, 3.63) is 29.8 Å². The summed E-state index contributed by atoms with van der Waals surface area (Å²) >= 11 is 0. The highest BCUT2D eigenvalue weighted by Gasteiger charge is 2.19. The van der Waals surface area contributed by atoms with Crippen molar-refractivity contribution >= 4 is 5.71 Å². The maximum absolute atomic E-state index is 9.30. The number of rotatable bonds is 3. The van der Waals surface area contributed by atoms with Gasteiger partial charge in [-0.1, -0.05) is 12.1 Å². The molecule has 0 saturated heterocycles. The minimum atomic E-state index is -0.193. The summed E-state index contributed by atoms with van der Waals surface area (Å²) in [5.41, 5.74) is 2.04. The number of ether oxygens (including phenoxy) is 1. The molecule has 1 aromatic carbocycles. The van der Waals surface area contributed by atoms with E-state index in [0.29, 0.717) is 0 Å². The minimum absolute atomic E-state index is 0.193. The Balaban J connectivity index is 2.23. The summed E-state index contributed by atoms with van der Waals surface area (Å²) < 4.78 is 5.11. The maximum atomic E-state index is 9.30. The van der Waals surface area contributed by atoms with Crippen LogP contribution >= 0.6 is 0 Å². The van der Waals surface area contributed by atoms with E-state index in [1.165, 1.54) is 0 Å². The van der Waals surface area contributed by atoms with Crippen LogP contribution in [-0.2, 0) is 0 Å². The van der Waals surface area contributed by atoms with E-state index >= 15 is 0 Å². The normalized spacial score (nSPS) is 16.8. The molecule has 0 aliphatic carbocycles. The smallest absolute Gasteiger partial charge is 0.118 e. The molecule has 0 N–H and O–H groups in total. The van der Waals surface area contributed by atoms with Gasteiger partial charge in [-0.3, -0.25) is 4.99 Å². The monoisotopic (exact) mass is 228 g/mol. The van der Waals surface area contributed by atoms with E-state index in [0.717, 1.165) is 42.8 Å². The van der Waals surface area contributed by atoms with Gasteiger partial charge in [0.2, 0.25) is 0 Å². The van der Waals surface area contributed by atoms with Gasteiger partial charge in [0, 0.05) is 12.3 Å². The Morgan fingerprint density at radius 3 is 2.59 bits per heavy atom. The van der Waals surface area contributed by atoms with Crippen LogP contribution in [-0.4, -0.2) is 19.4 Å². The molecule has 0 spiro atoms. The molecule has 0 amide bonds. The number of nitriles is 1. The van der Waals surface area contributed by atoms with E-state index in [-0.39, 0.29) is 5.92 Å². The van der Waals surface area contributed by atoms with E-state index in [1.807, 2.05) is 24.3 Å². The molecule has 0 fully saturated rings. The fraction of sp³-hybridized carbons (Fsp3) is 0.429. The number of nitrogens with zero attached hydrogens (tertiary/aromatic N) is 2. The van der Waals surface area contributed by atoms with Crippen LogP contribution in [0.3, 0.4) is 0 Å². The fourth-order valence-electron chi connectivity index (χ4n) is 2.09. The molecule has 1 heterocycles. The van der Waals surface area contributed by atoms with Crippen molar-refractivity contribution in [1.29, 1.82) is 5.26 Å². The molecule has 1 unspecified atom stereocenters. The molecule has 0 bridgehead atoms. The summed E-state index contributed by atoms with van der Waals surface area (Å²) in [6.45, 7) is 0.865. The third kappa shape index (κ3) is 2.65. The molecule has 2 rings (SSSR count). The predicted molar refractivity (Wildman–Crippen MR) is 67.5 cm³/mol. The van der Waals surface area contributed by atoms with E-state index in [4.69, 9.17) is 4.74 Å². The molecule has 0 radical (unpaired) electrons. The molecule has 17 heavy (non-hydrogen) atoms. The standard InChI is InChI=1S/C14H16N2O/c1-17-12-7-5-11(6-8-12)13(10-15)14-4-2-3-9-16-14/h5-8,13H,2-4,9H2,1H3. The second kappa shape index (κ2) is 5.49. The Morgan fingerprint density at radius 2 is 2.06 bits per heavy atom. The fourth-order valence-corrected chi connectivity index (χ4v) is 2.09. The Labute approximate surface area is 102 Å². The van der Waals surface area contributed by atoms with Crippen molar-refractivity contribution in [2.45, 2.75) is 25.2 Å². The number of benzene rings is 1. The highest BCUT2D eigenvalue weighted by atomic mass is 16.5. The number of aliphatic imine (C=N–C) groups is 1. The molecule has 0 saturated carbocycles.